The minimum Gasteiger partial charge on any atom is -0.493 e. The van der Waals surface area contributed by atoms with Gasteiger partial charge in [0.05, 0.1) is 26.4 Å². The van der Waals surface area contributed by atoms with Gasteiger partial charge in [0.1, 0.15) is 0 Å². The molecule has 0 aliphatic heterocycles. The highest BCUT2D eigenvalue weighted by molar-refractivity contribution is 6.36. The van der Waals surface area contributed by atoms with Crippen molar-refractivity contribution in [1.82, 2.24) is 0 Å². The van der Waals surface area contributed by atoms with Crippen molar-refractivity contribution in [2.75, 3.05) is 21.3 Å². The van der Waals surface area contributed by atoms with Gasteiger partial charge < -0.3 is 14.2 Å². The van der Waals surface area contributed by atoms with E-state index in [9.17, 15) is 4.79 Å². The Morgan fingerprint density at radius 1 is 1.24 bits per heavy atom. The summed E-state index contributed by atoms with van der Waals surface area (Å²) >= 11 is 12.0. The molecule has 0 saturated carbocycles. The van der Waals surface area contributed by atoms with Gasteiger partial charge in [-0.25, -0.2) is 0 Å². The Hall–Kier alpha value is -1.13. The minimum atomic E-state index is -0.979. The molecule has 1 aromatic rings. The predicted octanol–water partition coefficient (Wildman–Crippen LogP) is 2.81. The number of methoxy groups -OCH3 is 3. The molecular weight excluding hydrogens is 267 g/mol. The molecule has 17 heavy (non-hydrogen) atoms. The molecule has 0 spiro atoms. The van der Waals surface area contributed by atoms with Crippen LogP contribution in [-0.2, 0) is 9.53 Å². The van der Waals surface area contributed by atoms with Crippen molar-refractivity contribution < 1.29 is 19.0 Å². The number of carbonyl (C=O) groups excluding carboxylic acids is 1. The second-order valence-electron chi connectivity index (χ2n) is 3.09. The minimum absolute atomic E-state index is 0.234. The molecule has 1 atom stereocenters. The van der Waals surface area contributed by atoms with E-state index < -0.39 is 11.3 Å². The second-order valence-corrected chi connectivity index (χ2v) is 3.90. The van der Waals surface area contributed by atoms with Gasteiger partial charge in [-0.2, -0.15) is 0 Å². The van der Waals surface area contributed by atoms with E-state index in [1.54, 1.807) is 12.1 Å². The molecule has 1 rings (SSSR count). The van der Waals surface area contributed by atoms with Crippen LogP contribution in [0.5, 0.6) is 11.5 Å². The monoisotopic (exact) mass is 278 g/mol. The van der Waals surface area contributed by atoms with Gasteiger partial charge in [0.15, 0.2) is 16.9 Å². The lowest BCUT2D eigenvalue weighted by Crippen LogP contribution is -2.09. The van der Waals surface area contributed by atoms with Crippen molar-refractivity contribution in [2.45, 2.75) is 5.38 Å². The third kappa shape index (κ3) is 2.76. The Bertz CT molecular complexity index is 420. The van der Waals surface area contributed by atoms with Gasteiger partial charge in [0.25, 0.3) is 0 Å². The van der Waals surface area contributed by atoms with Gasteiger partial charge in [-0.3, -0.25) is 4.79 Å². The summed E-state index contributed by atoms with van der Waals surface area (Å²) in [5, 5.41) is -0.746. The number of ether oxygens (including phenoxy) is 3. The zero-order valence-electron chi connectivity index (χ0n) is 9.62. The zero-order valence-corrected chi connectivity index (χ0v) is 11.1. The maximum absolute atomic E-state index is 11.3. The van der Waals surface area contributed by atoms with Crippen LogP contribution in [0, 0.1) is 0 Å². The van der Waals surface area contributed by atoms with Crippen molar-refractivity contribution in [1.29, 1.82) is 0 Å². The Morgan fingerprint density at radius 3 is 2.35 bits per heavy atom. The molecule has 0 aromatic heterocycles. The summed E-state index contributed by atoms with van der Waals surface area (Å²) in [6.45, 7) is 0. The Balaban J connectivity index is 3.23. The van der Waals surface area contributed by atoms with E-state index in [-0.39, 0.29) is 5.02 Å². The summed E-state index contributed by atoms with van der Waals surface area (Å²) in [6, 6.07) is 3.22. The van der Waals surface area contributed by atoms with E-state index in [2.05, 4.69) is 4.74 Å². The number of carbonyl (C=O) groups is 1. The topological polar surface area (TPSA) is 44.8 Å². The van der Waals surface area contributed by atoms with Crippen molar-refractivity contribution in [3.63, 3.8) is 0 Å². The molecule has 4 nitrogen and oxygen atoms in total. The largest absolute Gasteiger partial charge is 0.493 e. The van der Waals surface area contributed by atoms with Crippen LogP contribution in [0.2, 0.25) is 5.02 Å². The Kier molecular flexibility index (Phi) is 4.90. The normalized spacial score (nSPS) is 11.8. The zero-order chi connectivity index (χ0) is 13.0. The van der Waals surface area contributed by atoms with E-state index in [1.807, 2.05) is 0 Å². The molecule has 94 valence electrons. The van der Waals surface area contributed by atoms with Gasteiger partial charge in [-0.05, 0) is 6.07 Å². The van der Waals surface area contributed by atoms with Crippen LogP contribution in [-0.4, -0.2) is 27.3 Å². The van der Waals surface area contributed by atoms with Gasteiger partial charge in [-0.1, -0.05) is 17.7 Å². The van der Waals surface area contributed by atoms with E-state index in [4.69, 9.17) is 32.7 Å². The van der Waals surface area contributed by atoms with Gasteiger partial charge in [0, 0.05) is 5.56 Å². The second kappa shape index (κ2) is 5.98. The third-order valence-corrected chi connectivity index (χ3v) is 3.00. The summed E-state index contributed by atoms with van der Waals surface area (Å²) < 4.78 is 14.7. The first kappa shape index (κ1) is 13.9. The number of halogens is 2. The first-order valence-electron chi connectivity index (χ1n) is 4.69. The maximum Gasteiger partial charge on any atom is 0.328 e. The van der Waals surface area contributed by atoms with Gasteiger partial charge in [0.2, 0.25) is 0 Å². The fourth-order valence-corrected chi connectivity index (χ4v) is 2.00. The number of hydrogen-bond donors (Lipinski definition) is 0. The van der Waals surface area contributed by atoms with Crippen molar-refractivity contribution in [3.8, 4) is 11.5 Å². The highest BCUT2D eigenvalue weighted by Crippen LogP contribution is 2.41. The SMILES string of the molecule is COC(=O)C(Cl)c1ccc(OC)c(OC)c1Cl. The molecule has 0 aliphatic carbocycles. The number of benzene rings is 1. The summed E-state index contributed by atoms with van der Waals surface area (Å²) in [5.41, 5.74) is 0.415. The summed E-state index contributed by atoms with van der Waals surface area (Å²) in [6.07, 6.45) is 0. The fourth-order valence-electron chi connectivity index (χ4n) is 1.33. The van der Waals surface area contributed by atoms with Crippen LogP contribution < -0.4 is 9.47 Å². The van der Waals surface area contributed by atoms with Crippen LogP contribution in [0.4, 0.5) is 0 Å². The molecule has 6 heteroatoms. The molecule has 0 saturated heterocycles. The first-order valence-corrected chi connectivity index (χ1v) is 5.50. The molecule has 1 unspecified atom stereocenters. The number of esters is 1. The highest BCUT2D eigenvalue weighted by atomic mass is 35.5. The standard InChI is InChI=1S/C11H12Cl2O4/c1-15-7-5-4-6(8(12)10(7)16-2)9(13)11(14)17-3/h4-5,9H,1-3H3. The van der Waals surface area contributed by atoms with Crippen molar-refractivity contribution >= 4 is 29.2 Å². The van der Waals surface area contributed by atoms with E-state index >= 15 is 0 Å². The quantitative estimate of drug-likeness (QED) is 0.628. The lowest BCUT2D eigenvalue weighted by molar-refractivity contribution is -0.140. The third-order valence-electron chi connectivity index (χ3n) is 2.20. The summed E-state index contributed by atoms with van der Waals surface area (Å²) in [5.74, 6) is 0.219. The number of alkyl halides is 1. The molecule has 0 N–H and O–H groups in total. The Labute approximate surface area is 109 Å². The molecule has 0 amide bonds. The lowest BCUT2D eigenvalue weighted by Gasteiger charge is -2.14. The van der Waals surface area contributed by atoms with Gasteiger partial charge >= 0.3 is 5.97 Å². The smallest absolute Gasteiger partial charge is 0.328 e. The molecule has 0 fully saturated rings. The van der Waals surface area contributed by atoms with Crippen LogP contribution in [0.15, 0.2) is 12.1 Å². The van der Waals surface area contributed by atoms with E-state index in [0.717, 1.165) is 0 Å². The van der Waals surface area contributed by atoms with E-state index in [1.165, 1.54) is 21.3 Å². The average molecular weight is 279 g/mol. The molecule has 0 bridgehead atoms. The van der Waals surface area contributed by atoms with Gasteiger partial charge in [-0.15, -0.1) is 11.6 Å². The number of rotatable bonds is 4. The highest BCUT2D eigenvalue weighted by Gasteiger charge is 2.24. The molecule has 0 radical (unpaired) electrons. The molecular formula is C11H12Cl2O4. The first-order chi connectivity index (χ1) is 8.06. The van der Waals surface area contributed by atoms with Crippen molar-refractivity contribution in [3.05, 3.63) is 22.7 Å². The van der Waals surface area contributed by atoms with Crippen LogP contribution in [0.25, 0.3) is 0 Å². The number of hydrogen-bond acceptors (Lipinski definition) is 4. The van der Waals surface area contributed by atoms with Crippen LogP contribution >= 0.6 is 23.2 Å². The van der Waals surface area contributed by atoms with E-state index in [0.29, 0.717) is 17.1 Å². The summed E-state index contributed by atoms with van der Waals surface area (Å²) in [7, 11) is 4.20. The Morgan fingerprint density at radius 2 is 1.88 bits per heavy atom. The van der Waals surface area contributed by atoms with Crippen molar-refractivity contribution in [2.24, 2.45) is 0 Å². The van der Waals surface area contributed by atoms with Crippen LogP contribution in [0.3, 0.4) is 0 Å². The molecule has 0 heterocycles. The lowest BCUT2D eigenvalue weighted by atomic mass is 10.1. The molecule has 1 aromatic carbocycles. The summed E-state index contributed by atoms with van der Waals surface area (Å²) in [4.78, 5) is 11.3. The molecule has 0 aliphatic rings. The predicted molar refractivity (Wildman–Crippen MR) is 65.2 cm³/mol. The maximum atomic E-state index is 11.3. The van der Waals surface area contributed by atoms with Crippen LogP contribution in [0.1, 0.15) is 10.9 Å². The average Bonchev–Trinajstić information content (AvgIpc) is 2.36. The fraction of sp³-hybridized carbons (Fsp3) is 0.364.